The topological polar surface area (TPSA) is 74.0 Å². The van der Waals surface area contributed by atoms with Gasteiger partial charge in [-0.15, -0.1) is 0 Å². The number of aromatic nitrogens is 1. The second kappa shape index (κ2) is 5.66. The van der Waals surface area contributed by atoms with Crippen molar-refractivity contribution < 1.29 is 4.79 Å². The second-order valence-electron chi connectivity index (χ2n) is 4.73. The Kier molecular flexibility index (Phi) is 3.55. The molecule has 0 aliphatic carbocycles. The molecule has 1 saturated heterocycles. The van der Waals surface area contributed by atoms with Crippen molar-refractivity contribution in [3.8, 4) is 0 Å². The van der Waals surface area contributed by atoms with Gasteiger partial charge in [-0.05, 0) is 24.3 Å². The SMILES string of the molecule is O=C1NCCN1.O=c1c2ccccc2[nH]c2ccccc12. The number of para-hydroxylation sites is 2. The molecule has 1 aliphatic rings. The zero-order valence-corrected chi connectivity index (χ0v) is 11.3. The number of H-pyrrole nitrogens is 1. The number of hydrogen-bond acceptors (Lipinski definition) is 2. The Labute approximate surface area is 121 Å². The summed E-state index contributed by atoms with van der Waals surface area (Å²) in [7, 11) is 0. The molecule has 0 spiro atoms. The van der Waals surface area contributed by atoms with Gasteiger partial charge in [0, 0.05) is 34.9 Å². The average molecular weight is 281 g/mol. The molecule has 2 heterocycles. The molecule has 3 aromatic rings. The molecule has 0 radical (unpaired) electrons. The van der Waals surface area contributed by atoms with Gasteiger partial charge in [-0.2, -0.15) is 0 Å². The van der Waals surface area contributed by atoms with Gasteiger partial charge in [0.1, 0.15) is 0 Å². The van der Waals surface area contributed by atoms with Crippen LogP contribution in [0, 0.1) is 0 Å². The standard InChI is InChI=1S/C13H9NO.C3H6N2O/c15-13-9-5-1-3-7-11(9)14-12-8-4-2-6-10(12)13;6-3-4-1-2-5-3/h1-8H,(H,14,15);1-2H2,(H2,4,5,6). The van der Waals surface area contributed by atoms with E-state index in [2.05, 4.69) is 15.6 Å². The van der Waals surface area contributed by atoms with Crippen LogP contribution in [0.25, 0.3) is 21.8 Å². The number of fused-ring (bicyclic) bond motifs is 2. The highest BCUT2D eigenvalue weighted by atomic mass is 16.2. The molecule has 0 bridgehead atoms. The lowest BCUT2D eigenvalue weighted by Gasteiger charge is -2.01. The highest BCUT2D eigenvalue weighted by Crippen LogP contribution is 2.13. The monoisotopic (exact) mass is 281 g/mol. The summed E-state index contributed by atoms with van der Waals surface area (Å²) in [6.07, 6.45) is 0. The summed E-state index contributed by atoms with van der Waals surface area (Å²) >= 11 is 0. The van der Waals surface area contributed by atoms with E-state index in [1.54, 1.807) is 0 Å². The van der Waals surface area contributed by atoms with Crippen molar-refractivity contribution in [2.75, 3.05) is 13.1 Å². The van der Waals surface area contributed by atoms with Crippen LogP contribution < -0.4 is 16.1 Å². The van der Waals surface area contributed by atoms with Gasteiger partial charge in [-0.1, -0.05) is 24.3 Å². The van der Waals surface area contributed by atoms with Crippen LogP contribution in [0.3, 0.4) is 0 Å². The van der Waals surface area contributed by atoms with E-state index >= 15 is 0 Å². The van der Waals surface area contributed by atoms with Crippen molar-refractivity contribution in [2.24, 2.45) is 0 Å². The summed E-state index contributed by atoms with van der Waals surface area (Å²) in [5.41, 5.74) is 1.88. The summed E-state index contributed by atoms with van der Waals surface area (Å²) in [4.78, 5) is 25.3. The van der Waals surface area contributed by atoms with Crippen LogP contribution in [0.4, 0.5) is 4.79 Å². The first-order valence-electron chi connectivity index (χ1n) is 6.77. The van der Waals surface area contributed by atoms with Crippen molar-refractivity contribution in [3.05, 3.63) is 58.8 Å². The normalized spacial score (nSPS) is 13.4. The molecule has 5 heteroatoms. The number of amides is 2. The Morgan fingerprint density at radius 2 is 1.19 bits per heavy atom. The van der Waals surface area contributed by atoms with Crippen LogP contribution in [0.1, 0.15) is 0 Å². The number of nitrogens with one attached hydrogen (secondary N) is 3. The number of rotatable bonds is 0. The first kappa shape index (κ1) is 13.2. The highest BCUT2D eigenvalue weighted by molar-refractivity contribution is 5.92. The molecule has 1 aromatic heterocycles. The van der Waals surface area contributed by atoms with Gasteiger partial charge in [0.2, 0.25) is 0 Å². The van der Waals surface area contributed by atoms with Gasteiger partial charge in [0.15, 0.2) is 5.43 Å². The fourth-order valence-corrected chi connectivity index (χ4v) is 2.28. The predicted molar refractivity (Wildman–Crippen MR) is 83.5 cm³/mol. The fraction of sp³-hybridized carbons (Fsp3) is 0.125. The zero-order chi connectivity index (χ0) is 14.7. The number of carbonyl (C=O) groups is 1. The maximum Gasteiger partial charge on any atom is 0.314 e. The van der Waals surface area contributed by atoms with Gasteiger partial charge in [0.05, 0.1) is 0 Å². The van der Waals surface area contributed by atoms with Crippen LogP contribution in [-0.2, 0) is 0 Å². The van der Waals surface area contributed by atoms with Gasteiger partial charge >= 0.3 is 6.03 Å². The van der Waals surface area contributed by atoms with E-state index in [9.17, 15) is 9.59 Å². The van der Waals surface area contributed by atoms with E-state index in [-0.39, 0.29) is 11.5 Å². The minimum atomic E-state index is -0.0463. The summed E-state index contributed by atoms with van der Waals surface area (Å²) in [5, 5.41) is 6.63. The molecule has 3 N–H and O–H groups in total. The summed E-state index contributed by atoms with van der Waals surface area (Å²) in [6.45, 7) is 1.55. The third kappa shape index (κ3) is 2.72. The van der Waals surface area contributed by atoms with Gasteiger partial charge in [-0.3, -0.25) is 4.79 Å². The maximum atomic E-state index is 12.1. The van der Waals surface area contributed by atoms with Crippen LogP contribution in [0.5, 0.6) is 0 Å². The van der Waals surface area contributed by atoms with Crippen LogP contribution in [0.15, 0.2) is 53.3 Å². The molecule has 21 heavy (non-hydrogen) atoms. The van der Waals surface area contributed by atoms with Gasteiger partial charge < -0.3 is 15.6 Å². The van der Waals surface area contributed by atoms with Crippen LogP contribution in [-0.4, -0.2) is 24.1 Å². The minimum Gasteiger partial charge on any atom is -0.354 e. The van der Waals surface area contributed by atoms with E-state index in [1.807, 2.05) is 48.5 Å². The molecule has 1 aliphatic heterocycles. The highest BCUT2D eigenvalue weighted by Gasteiger charge is 2.03. The molecule has 5 nitrogen and oxygen atoms in total. The first-order chi connectivity index (χ1) is 10.3. The lowest BCUT2D eigenvalue weighted by molar-refractivity contribution is 0.248. The smallest absolute Gasteiger partial charge is 0.314 e. The zero-order valence-electron chi connectivity index (χ0n) is 11.3. The molecule has 2 aromatic carbocycles. The van der Waals surface area contributed by atoms with Crippen molar-refractivity contribution in [1.29, 1.82) is 0 Å². The molecule has 2 amide bonds. The fourth-order valence-electron chi connectivity index (χ4n) is 2.28. The van der Waals surface area contributed by atoms with Gasteiger partial charge in [0.25, 0.3) is 0 Å². The maximum absolute atomic E-state index is 12.1. The quantitative estimate of drug-likeness (QED) is 0.551. The minimum absolute atomic E-state index is 0.0463. The Morgan fingerprint density at radius 3 is 1.62 bits per heavy atom. The Hall–Kier alpha value is -2.82. The summed E-state index contributed by atoms with van der Waals surface area (Å²) < 4.78 is 0. The first-order valence-corrected chi connectivity index (χ1v) is 6.77. The second-order valence-corrected chi connectivity index (χ2v) is 4.73. The molecule has 0 unspecified atom stereocenters. The van der Waals surface area contributed by atoms with Crippen molar-refractivity contribution >= 4 is 27.8 Å². The summed E-state index contributed by atoms with van der Waals surface area (Å²) in [5.74, 6) is 0. The third-order valence-corrected chi connectivity index (χ3v) is 3.31. The van der Waals surface area contributed by atoms with E-state index in [0.29, 0.717) is 0 Å². The average Bonchev–Trinajstić information content (AvgIpc) is 2.99. The number of carbonyl (C=O) groups excluding carboxylic acids is 1. The van der Waals surface area contributed by atoms with E-state index in [1.165, 1.54) is 0 Å². The van der Waals surface area contributed by atoms with E-state index in [0.717, 1.165) is 34.9 Å². The number of hydrogen-bond donors (Lipinski definition) is 3. The van der Waals surface area contributed by atoms with Crippen molar-refractivity contribution in [2.45, 2.75) is 0 Å². The van der Waals surface area contributed by atoms with Crippen molar-refractivity contribution in [3.63, 3.8) is 0 Å². The van der Waals surface area contributed by atoms with Crippen LogP contribution >= 0.6 is 0 Å². The molecule has 4 rings (SSSR count). The molecular weight excluding hydrogens is 266 g/mol. The lowest BCUT2D eigenvalue weighted by atomic mass is 10.1. The Bertz CT molecular complexity index is 790. The predicted octanol–water partition coefficient (Wildman–Crippen LogP) is 1.98. The molecule has 106 valence electrons. The largest absolute Gasteiger partial charge is 0.354 e. The van der Waals surface area contributed by atoms with Crippen molar-refractivity contribution in [1.82, 2.24) is 15.6 Å². The van der Waals surface area contributed by atoms with Crippen LogP contribution in [0.2, 0.25) is 0 Å². The molecule has 0 atom stereocenters. The third-order valence-electron chi connectivity index (χ3n) is 3.31. The van der Waals surface area contributed by atoms with E-state index in [4.69, 9.17) is 0 Å². The molecule has 1 fully saturated rings. The lowest BCUT2D eigenvalue weighted by Crippen LogP contribution is -2.20. The summed E-state index contributed by atoms with van der Waals surface area (Å²) in [6, 6.07) is 15.1. The number of aromatic amines is 1. The van der Waals surface area contributed by atoms with E-state index < -0.39 is 0 Å². The Balaban J connectivity index is 0.000000186. The number of pyridine rings is 1. The molecular formula is C16H15N3O2. The Morgan fingerprint density at radius 1 is 0.714 bits per heavy atom. The number of urea groups is 1. The molecule has 0 saturated carbocycles. The number of benzene rings is 2. The van der Waals surface area contributed by atoms with Gasteiger partial charge in [-0.25, -0.2) is 4.79 Å².